The first kappa shape index (κ1) is 23.0. The zero-order chi connectivity index (χ0) is 22.0. The van der Waals surface area contributed by atoms with Crippen LogP contribution < -0.4 is 4.74 Å². The monoisotopic (exact) mass is 450 g/mol. The van der Waals surface area contributed by atoms with Gasteiger partial charge in [0, 0.05) is 24.5 Å². The van der Waals surface area contributed by atoms with Crippen molar-refractivity contribution >= 4 is 29.9 Å². The maximum Gasteiger partial charge on any atom is 0.295 e. The van der Waals surface area contributed by atoms with E-state index >= 15 is 0 Å². The molecule has 6 nitrogen and oxygen atoms in total. The normalized spacial score (nSPS) is 17.2. The Morgan fingerprint density at radius 3 is 2.47 bits per heavy atom. The molecule has 0 aliphatic carbocycles. The van der Waals surface area contributed by atoms with Gasteiger partial charge in [0.2, 0.25) is 0 Å². The van der Waals surface area contributed by atoms with E-state index in [4.69, 9.17) is 4.74 Å². The summed E-state index contributed by atoms with van der Waals surface area (Å²) < 4.78 is 5.23. The average molecular weight is 451 g/mol. The van der Waals surface area contributed by atoms with E-state index in [1.165, 1.54) is 4.90 Å². The summed E-state index contributed by atoms with van der Waals surface area (Å²) in [4.78, 5) is 31.7. The number of aryl methyl sites for hydroxylation is 1. The predicted molar refractivity (Wildman–Crippen MR) is 124 cm³/mol. The van der Waals surface area contributed by atoms with Gasteiger partial charge in [0.25, 0.3) is 11.7 Å². The minimum absolute atomic E-state index is 0. The summed E-state index contributed by atoms with van der Waals surface area (Å²) in [6.07, 6.45) is 3.31. The lowest BCUT2D eigenvalue weighted by atomic mass is 9.94. The number of rotatable bonds is 5. The van der Waals surface area contributed by atoms with Gasteiger partial charge in [-0.3, -0.25) is 14.6 Å². The molecule has 1 aliphatic heterocycles. The van der Waals surface area contributed by atoms with Crippen molar-refractivity contribution in [3.8, 4) is 5.75 Å². The Kier molecular flexibility index (Phi) is 6.95. The number of amides is 1. The molecule has 0 bridgehead atoms. The van der Waals surface area contributed by atoms with Crippen LogP contribution in [0.1, 0.15) is 28.3 Å². The van der Waals surface area contributed by atoms with Crippen molar-refractivity contribution in [2.45, 2.75) is 19.5 Å². The molecular weight excluding hydrogens is 428 g/mol. The van der Waals surface area contributed by atoms with Gasteiger partial charge in [0.15, 0.2) is 0 Å². The summed E-state index contributed by atoms with van der Waals surface area (Å²) >= 11 is 0. The Labute approximate surface area is 192 Å². The molecule has 1 atom stereocenters. The second-order valence-corrected chi connectivity index (χ2v) is 7.38. The second-order valence-electron chi connectivity index (χ2n) is 7.38. The molecular formula is C25H23ClN2O4. The number of ether oxygens (including phenoxy) is 1. The average Bonchev–Trinajstić information content (AvgIpc) is 3.04. The number of aromatic nitrogens is 1. The number of aliphatic hydroxyl groups excluding tert-OH is 1. The maximum atomic E-state index is 13.1. The van der Waals surface area contributed by atoms with Crippen LogP contribution in [-0.2, 0) is 16.1 Å². The second kappa shape index (κ2) is 9.66. The predicted octanol–water partition coefficient (Wildman–Crippen LogP) is 4.44. The fraction of sp³-hybridized carbons (Fsp3) is 0.160. The summed E-state index contributed by atoms with van der Waals surface area (Å²) in [6.45, 7) is 2.02. The number of nitrogens with zero attached hydrogens (tertiary/aromatic N) is 2. The first-order valence-electron chi connectivity index (χ1n) is 9.88. The quantitative estimate of drug-likeness (QED) is 0.353. The number of likely N-dealkylation sites (tertiary alicyclic amines) is 1. The lowest BCUT2D eigenvalue weighted by molar-refractivity contribution is -0.140. The number of pyridine rings is 1. The van der Waals surface area contributed by atoms with Crippen molar-refractivity contribution in [3.05, 3.63) is 101 Å². The molecule has 2 aromatic carbocycles. The Hall–Kier alpha value is -3.64. The van der Waals surface area contributed by atoms with Crippen molar-refractivity contribution in [1.29, 1.82) is 0 Å². The summed E-state index contributed by atoms with van der Waals surface area (Å²) in [5, 5.41) is 11.2. The third-order valence-electron chi connectivity index (χ3n) is 5.42. The van der Waals surface area contributed by atoms with Crippen LogP contribution in [0.4, 0.5) is 0 Å². The van der Waals surface area contributed by atoms with Gasteiger partial charge in [-0.15, -0.1) is 12.4 Å². The molecule has 0 radical (unpaired) electrons. The fourth-order valence-electron chi connectivity index (χ4n) is 3.89. The summed E-state index contributed by atoms with van der Waals surface area (Å²) in [6, 6.07) is 17.4. The number of Topliss-reactive ketones (excluding diaryl/α,β-unsaturated/α-hetero) is 1. The number of hydrogen-bond acceptors (Lipinski definition) is 5. The zero-order valence-electron chi connectivity index (χ0n) is 17.7. The van der Waals surface area contributed by atoms with Gasteiger partial charge < -0.3 is 14.7 Å². The minimum Gasteiger partial charge on any atom is -0.507 e. The number of methoxy groups -OCH3 is 1. The van der Waals surface area contributed by atoms with Crippen LogP contribution >= 0.6 is 12.4 Å². The number of aliphatic hydroxyl groups is 1. The molecule has 7 heteroatoms. The molecule has 1 amide bonds. The molecule has 4 rings (SSSR count). The van der Waals surface area contributed by atoms with E-state index in [0.29, 0.717) is 11.3 Å². The van der Waals surface area contributed by atoms with Crippen molar-refractivity contribution in [2.24, 2.45) is 0 Å². The van der Waals surface area contributed by atoms with E-state index in [-0.39, 0.29) is 30.3 Å². The Bertz CT molecular complexity index is 1160. The van der Waals surface area contributed by atoms with Crippen LogP contribution in [0.2, 0.25) is 0 Å². The molecule has 1 N–H and O–H groups in total. The molecule has 1 aliphatic rings. The van der Waals surface area contributed by atoms with Gasteiger partial charge in [-0.25, -0.2) is 0 Å². The topological polar surface area (TPSA) is 79.7 Å². The molecule has 32 heavy (non-hydrogen) atoms. The summed E-state index contributed by atoms with van der Waals surface area (Å²) in [5.74, 6) is -0.900. The van der Waals surface area contributed by atoms with E-state index in [1.54, 1.807) is 43.8 Å². The highest BCUT2D eigenvalue weighted by Gasteiger charge is 2.46. The molecule has 3 aromatic rings. The number of carbonyl (C=O) groups is 2. The lowest BCUT2D eigenvalue weighted by Crippen LogP contribution is -2.29. The Morgan fingerprint density at radius 2 is 1.84 bits per heavy atom. The summed E-state index contributed by atoms with van der Waals surface area (Å²) in [5.41, 5.74) is 2.85. The number of hydrogen-bond donors (Lipinski definition) is 1. The minimum atomic E-state index is -0.706. The van der Waals surface area contributed by atoms with Crippen molar-refractivity contribution in [1.82, 2.24) is 9.88 Å². The van der Waals surface area contributed by atoms with E-state index in [0.717, 1.165) is 16.7 Å². The Morgan fingerprint density at radius 1 is 1.09 bits per heavy atom. The van der Waals surface area contributed by atoms with Crippen LogP contribution in [-0.4, -0.2) is 33.8 Å². The molecule has 0 spiro atoms. The summed E-state index contributed by atoms with van der Waals surface area (Å²) in [7, 11) is 1.56. The van der Waals surface area contributed by atoms with E-state index in [2.05, 4.69) is 4.98 Å². The number of carbonyl (C=O) groups excluding carboxylic acids is 2. The number of ketones is 1. The molecule has 1 saturated heterocycles. The van der Waals surface area contributed by atoms with Gasteiger partial charge in [-0.2, -0.15) is 0 Å². The third kappa shape index (κ3) is 4.22. The molecule has 1 aromatic heterocycles. The molecule has 164 valence electrons. The van der Waals surface area contributed by atoms with Crippen LogP contribution in [0.25, 0.3) is 5.76 Å². The van der Waals surface area contributed by atoms with E-state index in [1.807, 2.05) is 43.3 Å². The first-order chi connectivity index (χ1) is 15.0. The number of halogens is 1. The first-order valence-corrected chi connectivity index (χ1v) is 9.88. The van der Waals surface area contributed by atoms with Gasteiger partial charge in [-0.1, -0.05) is 36.4 Å². The van der Waals surface area contributed by atoms with Crippen LogP contribution in [0, 0.1) is 6.92 Å². The number of benzene rings is 2. The third-order valence-corrected chi connectivity index (χ3v) is 5.42. The van der Waals surface area contributed by atoms with E-state index in [9.17, 15) is 14.7 Å². The van der Waals surface area contributed by atoms with Crippen LogP contribution in [0.15, 0.2) is 78.6 Å². The standard InChI is InChI=1S/C25H22N2O4.ClH/c1-16-13-19(31-2)10-11-20(16)23(28)21-22(18-8-4-3-5-9-18)27(25(30)24(21)29)15-17-7-6-12-26-14-17;/h3-14,22,28H,15H2,1-2H3;1H. The molecule has 2 heterocycles. The SMILES string of the molecule is COc1ccc(C(O)=C2C(=O)C(=O)N(Cc3cccnc3)C2c2ccccc2)c(C)c1.Cl. The highest BCUT2D eigenvalue weighted by atomic mass is 35.5. The fourth-order valence-corrected chi connectivity index (χ4v) is 3.89. The van der Waals surface area contributed by atoms with Crippen LogP contribution in [0.5, 0.6) is 5.75 Å². The van der Waals surface area contributed by atoms with E-state index < -0.39 is 17.7 Å². The zero-order valence-corrected chi connectivity index (χ0v) is 18.5. The lowest BCUT2D eigenvalue weighted by Gasteiger charge is -2.25. The van der Waals surface area contributed by atoms with Gasteiger partial charge in [0.05, 0.1) is 18.7 Å². The van der Waals surface area contributed by atoms with Crippen molar-refractivity contribution in [2.75, 3.05) is 7.11 Å². The van der Waals surface area contributed by atoms with Gasteiger partial charge in [0.1, 0.15) is 11.5 Å². The largest absolute Gasteiger partial charge is 0.507 e. The van der Waals surface area contributed by atoms with Crippen molar-refractivity contribution < 1.29 is 19.4 Å². The maximum absolute atomic E-state index is 13.1. The molecule has 1 unspecified atom stereocenters. The highest BCUT2D eigenvalue weighted by molar-refractivity contribution is 6.46. The molecule has 1 fully saturated rings. The smallest absolute Gasteiger partial charge is 0.295 e. The highest BCUT2D eigenvalue weighted by Crippen LogP contribution is 2.40. The van der Waals surface area contributed by atoms with Gasteiger partial charge in [-0.05, 0) is 47.9 Å². The van der Waals surface area contributed by atoms with Crippen LogP contribution in [0.3, 0.4) is 0 Å². The van der Waals surface area contributed by atoms with Crippen molar-refractivity contribution in [3.63, 3.8) is 0 Å². The Balaban J connectivity index is 0.00000289. The van der Waals surface area contributed by atoms with Gasteiger partial charge >= 0.3 is 0 Å². The molecule has 0 saturated carbocycles.